The Balaban J connectivity index is 2.46. The van der Waals surface area contributed by atoms with Crippen molar-refractivity contribution in [3.8, 4) is 0 Å². The van der Waals surface area contributed by atoms with Crippen molar-refractivity contribution in [2.75, 3.05) is 0 Å². The molecule has 6 heteroatoms. The molecule has 0 unspecified atom stereocenters. The van der Waals surface area contributed by atoms with E-state index in [2.05, 4.69) is 10.6 Å². The number of carbonyl (C=O) groups is 3. The van der Waals surface area contributed by atoms with Gasteiger partial charge in [-0.25, -0.2) is 0 Å². The summed E-state index contributed by atoms with van der Waals surface area (Å²) in [5.74, 6) is -1.30. The molecule has 2 N–H and O–H groups in total. The minimum absolute atomic E-state index is 0.0930. The predicted octanol–water partition coefficient (Wildman–Crippen LogP) is 3.46. The molecule has 0 aliphatic rings. The van der Waals surface area contributed by atoms with Gasteiger partial charge in [0, 0.05) is 17.6 Å². The Kier molecular flexibility index (Phi) is 8.19. The van der Waals surface area contributed by atoms with Crippen molar-refractivity contribution < 1.29 is 14.4 Å². The highest BCUT2D eigenvalue weighted by Crippen LogP contribution is 2.15. The van der Waals surface area contributed by atoms with Crippen LogP contribution in [0.15, 0.2) is 60.7 Å². The number of nitrogens with one attached hydrogen (secondary N) is 2. The Morgan fingerprint density at radius 1 is 0.719 bits per heavy atom. The van der Waals surface area contributed by atoms with E-state index >= 15 is 0 Å². The van der Waals surface area contributed by atoms with Crippen LogP contribution in [0.3, 0.4) is 0 Å². The summed E-state index contributed by atoms with van der Waals surface area (Å²) < 4.78 is 0. The van der Waals surface area contributed by atoms with Crippen molar-refractivity contribution in [1.82, 2.24) is 15.5 Å². The first-order valence-electron chi connectivity index (χ1n) is 10.9. The van der Waals surface area contributed by atoms with Gasteiger partial charge in [0.25, 0.3) is 11.8 Å². The highest BCUT2D eigenvalue weighted by molar-refractivity contribution is 6.07. The van der Waals surface area contributed by atoms with Gasteiger partial charge < -0.3 is 15.5 Å². The molecular formula is C26H35N3O3. The molecule has 0 aliphatic heterocycles. The van der Waals surface area contributed by atoms with Gasteiger partial charge in [-0.3, -0.25) is 14.4 Å². The average Bonchev–Trinajstić information content (AvgIpc) is 2.66. The molecule has 0 fully saturated rings. The van der Waals surface area contributed by atoms with Crippen molar-refractivity contribution in [3.05, 3.63) is 71.8 Å². The van der Waals surface area contributed by atoms with Crippen molar-refractivity contribution in [2.45, 2.75) is 71.6 Å². The zero-order valence-electron chi connectivity index (χ0n) is 19.9. The highest BCUT2D eigenvalue weighted by atomic mass is 16.2. The van der Waals surface area contributed by atoms with Gasteiger partial charge in [-0.2, -0.15) is 0 Å². The van der Waals surface area contributed by atoms with Crippen LogP contribution in [0.5, 0.6) is 0 Å². The second kappa shape index (κ2) is 10.4. The molecule has 0 radical (unpaired) electrons. The molecule has 0 aliphatic carbocycles. The summed E-state index contributed by atoms with van der Waals surface area (Å²) in [6.45, 7) is 11.2. The van der Waals surface area contributed by atoms with Gasteiger partial charge >= 0.3 is 0 Å². The topological polar surface area (TPSA) is 78.5 Å². The van der Waals surface area contributed by atoms with E-state index in [0.717, 1.165) is 11.1 Å². The van der Waals surface area contributed by atoms with E-state index < -0.39 is 28.9 Å². The molecule has 3 amide bonds. The molecule has 2 aromatic carbocycles. The summed E-state index contributed by atoms with van der Waals surface area (Å²) in [6, 6.07) is 17.4. The second-order valence-electron chi connectivity index (χ2n) is 10.1. The molecule has 0 bridgehead atoms. The summed E-state index contributed by atoms with van der Waals surface area (Å²) in [5, 5.41) is 5.75. The van der Waals surface area contributed by atoms with Crippen LogP contribution in [-0.4, -0.2) is 39.7 Å². The fourth-order valence-corrected chi connectivity index (χ4v) is 3.25. The number of hydrogen-bond donors (Lipinski definition) is 2. The van der Waals surface area contributed by atoms with Crippen LogP contribution in [0, 0.1) is 0 Å². The van der Waals surface area contributed by atoms with E-state index in [1.807, 2.05) is 102 Å². The lowest BCUT2D eigenvalue weighted by atomic mass is 10.0. The van der Waals surface area contributed by atoms with Gasteiger partial charge in [-0.05, 0) is 52.7 Å². The third-order valence-electron chi connectivity index (χ3n) is 4.52. The quantitative estimate of drug-likeness (QED) is 0.651. The molecule has 6 nitrogen and oxygen atoms in total. The molecule has 0 heterocycles. The number of hydrogen-bond acceptors (Lipinski definition) is 3. The second-order valence-corrected chi connectivity index (χ2v) is 10.1. The Hall–Kier alpha value is -3.15. The van der Waals surface area contributed by atoms with Crippen molar-refractivity contribution in [1.29, 1.82) is 0 Å². The molecule has 2 aromatic rings. The zero-order chi connectivity index (χ0) is 23.9. The summed E-state index contributed by atoms with van der Waals surface area (Å²) in [7, 11) is 0. The molecular weight excluding hydrogens is 402 g/mol. The first-order valence-corrected chi connectivity index (χ1v) is 10.9. The lowest BCUT2D eigenvalue weighted by Crippen LogP contribution is -2.61. The smallest absolute Gasteiger partial charge is 0.253 e. The normalized spacial score (nSPS) is 11.7. The van der Waals surface area contributed by atoms with Crippen molar-refractivity contribution >= 4 is 17.7 Å². The third-order valence-corrected chi connectivity index (χ3v) is 4.52. The fraction of sp³-hybridized carbons (Fsp3) is 0.423. The molecule has 0 saturated heterocycles. The molecule has 2 rings (SSSR count). The largest absolute Gasteiger partial charge is 0.349 e. The van der Waals surface area contributed by atoms with E-state index in [0.29, 0.717) is 0 Å². The van der Waals surface area contributed by atoms with Gasteiger partial charge in [0.2, 0.25) is 5.91 Å². The lowest BCUT2D eigenvalue weighted by molar-refractivity contribution is -0.148. The Morgan fingerprint density at radius 3 is 1.53 bits per heavy atom. The number of nitrogens with zero attached hydrogens (tertiary/aromatic N) is 1. The Labute approximate surface area is 191 Å². The van der Waals surface area contributed by atoms with Crippen LogP contribution in [-0.2, 0) is 27.3 Å². The van der Waals surface area contributed by atoms with E-state index in [1.54, 1.807) is 0 Å². The molecule has 32 heavy (non-hydrogen) atoms. The van der Waals surface area contributed by atoms with Crippen LogP contribution < -0.4 is 10.6 Å². The summed E-state index contributed by atoms with van der Waals surface area (Å²) in [4.78, 5) is 41.5. The maximum absolute atomic E-state index is 13.5. The van der Waals surface area contributed by atoms with E-state index in [4.69, 9.17) is 0 Å². The third kappa shape index (κ3) is 8.17. The minimum atomic E-state index is -1.30. The zero-order valence-corrected chi connectivity index (χ0v) is 19.9. The maximum Gasteiger partial charge on any atom is 0.253 e. The van der Waals surface area contributed by atoms with Gasteiger partial charge in [-0.15, -0.1) is 0 Å². The highest BCUT2D eigenvalue weighted by Gasteiger charge is 2.38. The molecule has 0 atom stereocenters. The number of amides is 3. The van der Waals surface area contributed by atoms with Crippen molar-refractivity contribution in [3.63, 3.8) is 0 Å². The van der Waals surface area contributed by atoms with Crippen LogP contribution in [0.2, 0.25) is 0 Å². The van der Waals surface area contributed by atoms with Crippen LogP contribution >= 0.6 is 0 Å². The van der Waals surface area contributed by atoms with Crippen molar-refractivity contribution in [2.24, 2.45) is 0 Å². The van der Waals surface area contributed by atoms with Gasteiger partial charge in [0.1, 0.15) is 0 Å². The standard InChI is InChI=1S/C26H35N3O3/c1-25(2,3)27-23(31)22(24(32)28-26(4,5)6)29(18-20-15-11-8-12-16-20)21(30)17-19-13-9-7-10-14-19/h7-16,22H,17-18H2,1-6H3,(H,27,31)(H,28,32). The number of carbonyl (C=O) groups excluding carboxylic acids is 3. The molecule has 0 saturated carbocycles. The Morgan fingerprint density at radius 2 is 1.12 bits per heavy atom. The molecule has 0 aromatic heterocycles. The van der Waals surface area contributed by atoms with E-state index in [9.17, 15) is 14.4 Å². The van der Waals surface area contributed by atoms with Crippen LogP contribution in [0.1, 0.15) is 52.7 Å². The monoisotopic (exact) mass is 437 g/mol. The first-order chi connectivity index (χ1) is 14.9. The fourth-order valence-electron chi connectivity index (χ4n) is 3.25. The summed E-state index contributed by atoms with van der Waals surface area (Å²) in [5.41, 5.74) is 0.545. The Bertz CT molecular complexity index is 885. The average molecular weight is 438 g/mol. The molecule has 172 valence electrons. The van der Waals surface area contributed by atoms with Gasteiger partial charge in [0.05, 0.1) is 6.42 Å². The minimum Gasteiger partial charge on any atom is -0.349 e. The van der Waals surface area contributed by atoms with E-state index in [1.165, 1.54) is 4.90 Å². The SMILES string of the molecule is CC(C)(C)NC(=O)C(C(=O)NC(C)(C)C)N(Cc1ccccc1)C(=O)Cc1ccccc1. The van der Waals surface area contributed by atoms with Crippen LogP contribution in [0.4, 0.5) is 0 Å². The van der Waals surface area contributed by atoms with Crippen LogP contribution in [0.25, 0.3) is 0 Å². The van der Waals surface area contributed by atoms with Gasteiger partial charge in [-0.1, -0.05) is 60.7 Å². The molecule has 0 spiro atoms. The van der Waals surface area contributed by atoms with E-state index in [-0.39, 0.29) is 18.9 Å². The number of benzene rings is 2. The lowest BCUT2D eigenvalue weighted by Gasteiger charge is -2.34. The number of rotatable bonds is 7. The first kappa shape index (κ1) is 25.1. The van der Waals surface area contributed by atoms with Gasteiger partial charge in [0.15, 0.2) is 6.04 Å². The maximum atomic E-state index is 13.5. The summed E-state index contributed by atoms with van der Waals surface area (Å²) in [6.07, 6.45) is 0.0930. The summed E-state index contributed by atoms with van der Waals surface area (Å²) >= 11 is 0. The predicted molar refractivity (Wildman–Crippen MR) is 127 cm³/mol.